The molecule has 3 nitrogen and oxygen atoms in total. The van der Waals surface area contributed by atoms with Gasteiger partial charge in [-0.1, -0.05) is 6.92 Å². The third-order valence-corrected chi connectivity index (χ3v) is 1.39. The molecule has 0 heterocycles. The van der Waals surface area contributed by atoms with Crippen LogP contribution < -0.4 is 0 Å². The third kappa shape index (κ3) is 5.73. The third-order valence-electron chi connectivity index (χ3n) is 1.39. The highest BCUT2D eigenvalue weighted by atomic mass is 16.3. The van der Waals surface area contributed by atoms with Gasteiger partial charge < -0.3 is 5.11 Å². The molecule has 0 saturated heterocycles. The summed E-state index contributed by atoms with van der Waals surface area (Å²) in [6.07, 6.45) is 1.84. The highest BCUT2D eigenvalue weighted by Gasteiger charge is 2.04. The Morgan fingerprint density at radius 3 is 2.09 bits per heavy atom. The molecule has 0 aliphatic rings. The van der Waals surface area contributed by atoms with Gasteiger partial charge in [0, 0.05) is 19.3 Å². The van der Waals surface area contributed by atoms with Crippen LogP contribution in [-0.4, -0.2) is 23.3 Å². The first kappa shape index (κ1) is 10.3. The van der Waals surface area contributed by atoms with Crippen molar-refractivity contribution < 1.29 is 14.7 Å². The number of ketones is 2. The van der Waals surface area contributed by atoms with E-state index in [1.165, 1.54) is 0 Å². The number of aliphatic hydroxyl groups is 1. The van der Waals surface area contributed by atoms with Crippen LogP contribution in [0.15, 0.2) is 0 Å². The zero-order valence-electron chi connectivity index (χ0n) is 6.80. The summed E-state index contributed by atoms with van der Waals surface area (Å²) in [5.74, 6) is -0.149. The second-order valence-electron chi connectivity index (χ2n) is 2.49. The minimum Gasteiger partial charge on any atom is -0.389 e. The number of hydrogen-bond acceptors (Lipinski definition) is 3. The van der Waals surface area contributed by atoms with Gasteiger partial charge in [-0.05, 0) is 6.42 Å². The van der Waals surface area contributed by atoms with Crippen LogP contribution in [0.3, 0.4) is 0 Å². The van der Waals surface area contributed by atoms with Crippen molar-refractivity contribution in [3.63, 3.8) is 0 Å². The average Bonchev–Trinajstić information content (AvgIpc) is 2.01. The lowest BCUT2D eigenvalue weighted by molar-refractivity contribution is -0.125. The molecule has 0 aromatic rings. The molecule has 3 heteroatoms. The molecule has 0 fully saturated rings. The summed E-state index contributed by atoms with van der Waals surface area (Å²) in [5.41, 5.74) is 0. The van der Waals surface area contributed by atoms with Crippen LogP contribution in [0.25, 0.3) is 0 Å². The number of carbonyl (C=O) groups excluding carboxylic acids is 2. The second-order valence-corrected chi connectivity index (χ2v) is 2.49. The summed E-state index contributed by atoms with van der Waals surface area (Å²) >= 11 is 0. The van der Waals surface area contributed by atoms with Crippen molar-refractivity contribution >= 4 is 11.6 Å². The maximum absolute atomic E-state index is 10.8. The van der Waals surface area contributed by atoms with Gasteiger partial charge in [-0.15, -0.1) is 0 Å². The summed E-state index contributed by atoms with van der Waals surface area (Å²) in [7, 11) is 0. The molecular formula is C8H14O3. The Morgan fingerprint density at radius 1 is 1.09 bits per heavy atom. The largest absolute Gasteiger partial charge is 0.389 e. The fourth-order valence-electron chi connectivity index (χ4n) is 0.762. The van der Waals surface area contributed by atoms with Crippen LogP contribution in [-0.2, 0) is 9.59 Å². The fourth-order valence-corrected chi connectivity index (χ4v) is 0.762. The van der Waals surface area contributed by atoms with Crippen molar-refractivity contribution in [2.45, 2.75) is 32.6 Å². The van der Waals surface area contributed by atoms with Crippen molar-refractivity contribution in [2.75, 3.05) is 6.61 Å². The van der Waals surface area contributed by atoms with E-state index in [-0.39, 0.29) is 24.4 Å². The topological polar surface area (TPSA) is 54.4 Å². The lowest BCUT2D eigenvalue weighted by Crippen LogP contribution is -2.07. The molecule has 0 rings (SSSR count). The lowest BCUT2D eigenvalue weighted by Gasteiger charge is -1.95. The molecule has 0 spiro atoms. The van der Waals surface area contributed by atoms with Crippen molar-refractivity contribution in [1.29, 1.82) is 0 Å². The van der Waals surface area contributed by atoms with E-state index >= 15 is 0 Å². The Hall–Kier alpha value is -0.700. The molecule has 0 aromatic carbocycles. The molecule has 0 unspecified atom stereocenters. The first-order chi connectivity index (χ1) is 5.20. The van der Waals surface area contributed by atoms with Crippen LogP contribution >= 0.6 is 0 Å². The molecular weight excluding hydrogens is 144 g/mol. The predicted molar refractivity (Wildman–Crippen MR) is 41.2 cm³/mol. The lowest BCUT2D eigenvalue weighted by atomic mass is 10.1. The molecule has 0 aliphatic carbocycles. The molecule has 64 valence electrons. The number of Topliss-reactive ketones (excluding diaryl/α,β-unsaturated/α-hetero) is 2. The summed E-state index contributed by atoms with van der Waals surface area (Å²) in [5, 5.41) is 8.32. The van der Waals surface area contributed by atoms with Crippen molar-refractivity contribution in [1.82, 2.24) is 0 Å². The van der Waals surface area contributed by atoms with E-state index in [9.17, 15) is 9.59 Å². The summed E-state index contributed by atoms with van der Waals surface area (Å²) in [6, 6.07) is 0. The van der Waals surface area contributed by atoms with Crippen molar-refractivity contribution in [3.05, 3.63) is 0 Å². The predicted octanol–water partition coefficient (Wildman–Crippen LogP) is 0.697. The number of aliphatic hydroxyl groups excluding tert-OH is 1. The van der Waals surface area contributed by atoms with Gasteiger partial charge >= 0.3 is 0 Å². The Balaban J connectivity index is 3.38. The van der Waals surface area contributed by atoms with E-state index in [2.05, 4.69) is 0 Å². The van der Waals surface area contributed by atoms with Crippen molar-refractivity contribution in [2.24, 2.45) is 0 Å². The molecule has 11 heavy (non-hydrogen) atoms. The first-order valence-corrected chi connectivity index (χ1v) is 3.85. The summed E-state index contributed by atoms with van der Waals surface area (Å²) < 4.78 is 0. The zero-order chi connectivity index (χ0) is 8.69. The minimum absolute atomic E-state index is 0.106. The molecule has 0 radical (unpaired) electrons. The van der Waals surface area contributed by atoms with Gasteiger partial charge in [-0.2, -0.15) is 0 Å². The summed E-state index contributed by atoms with van der Waals surface area (Å²) in [4.78, 5) is 21.3. The second kappa shape index (κ2) is 6.04. The van der Waals surface area contributed by atoms with E-state index in [0.29, 0.717) is 6.42 Å². The molecule has 0 amide bonds. The number of hydrogen-bond donors (Lipinski definition) is 1. The van der Waals surface area contributed by atoms with Gasteiger partial charge in [0.1, 0.15) is 12.4 Å². The molecule has 1 N–H and O–H groups in total. The highest BCUT2D eigenvalue weighted by molar-refractivity contribution is 5.86. The molecule has 0 aromatic heterocycles. The van der Waals surface area contributed by atoms with E-state index in [0.717, 1.165) is 6.42 Å². The molecule has 0 aliphatic heterocycles. The Morgan fingerprint density at radius 2 is 1.64 bits per heavy atom. The maximum atomic E-state index is 10.8. The number of carbonyl (C=O) groups is 2. The summed E-state index contributed by atoms with van der Waals surface area (Å²) in [6.45, 7) is 1.48. The Labute approximate surface area is 66.4 Å². The maximum Gasteiger partial charge on any atom is 0.158 e. The molecule has 0 saturated carbocycles. The molecule has 0 atom stereocenters. The van der Waals surface area contributed by atoms with Gasteiger partial charge in [0.2, 0.25) is 0 Å². The first-order valence-electron chi connectivity index (χ1n) is 3.85. The van der Waals surface area contributed by atoms with Gasteiger partial charge in [0.15, 0.2) is 5.78 Å². The Bertz CT molecular complexity index is 140. The van der Waals surface area contributed by atoms with E-state index < -0.39 is 6.61 Å². The highest BCUT2D eigenvalue weighted by Crippen LogP contribution is 1.98. The van der Waals surface area contributed by atoms with Crippen LogP contribution in [0.1, 0.15) is 32.6 Å². The monoisotopic (exact) mass is 158 g/mol. The van der Waals surface area contributed by atoms with Crippen LogP contribution in [0, 0.1) is 0 Å². The van der Waals surface area contributed by atoms with Crippen LogP contribution in [0.4, 0.5) is 0 Å². The van der Waals surface area contributed by atoms with E-state index in [4.69, 9.17) is 5.11 Å². The van der Waals surface area contributed by atoms with Crippen LogP contribution in [0.5, 0.6) is 0 Å². The zero-order valence-corrected chi connectivity index (χ0v) is 6.80. The van der Waals surface area contributed by atoms with E-state index in [1.807, 2.05) is 6.92 Å². The van der Waals surface area contributed by atoms with Crippen molar-refractivity contribution in [3.8, 4) is 0 Å². The van der Waals surface area contributed by atoms with Gasteiger partial charge in [0.25, 0.3) is 0 Å². The van der Waals surface area contributed by atoms with Gasteiger partial charge in [-0.25, -0.2) is 0 Å². The van der Waals surface area contributed by atoms with Gasteiger partial charge in [0.05, 0.1) is 0 Å². The normalized spacial score (nSPS) is 9.64. The van der Waals surface area contributed by atoms with E-state index in [1.54, 1.807) is 0 Å². The Kier molecular flexibility index (Phi) is 5.65. The smallest absolute Gasteiger partial charge is 0.158 e. The standard InChI is InChI=1S/C8H14O3/c1-2-3-7(10)4-5-8(11)6-9/h9H,2-6H2,1H3. The molecule has 0 bridgehead atoms. The van der Waals surface area contributed by atoms with Gasteiger partial charge in [-0.3, -0.25) is 9.59 Å². The SMILES string of the molecule is CCCC(=O)CCC(=O)CO. The van der Waals surface area contributed by atoms with Crippen LogP contribution in [0.2, 0.25) is 0 Å². The number of rotatable bonds is 6. The average molecular weight is 158 g/mol. The fraction of sp³-hybridized carbons (Fsp3) is 0.750. The minimum atomic E-state index is -0.445. The quantitative estimate of drug-likeness (QED) is 0.619.